The average molecular weight is 295 g/mol. The van der Waals surface area contributed by atoms with Gasteiger partial charge < -0.3 is 10.1 Å². The van der Waals surface area contributed by atoms with Gasteiger partial charge in [-0.15, -0.1) is 13.2 Å². The Balaban J connectivity index is 2.04. The monoisotopic (exact) mass is 295 g/mol. The van der Waals surface area contributed by atoms with Crippen molar-refractivity contribution in [3.05, 3.63) is 24.3 Å². The fraction of sp³-hybridized carbons (Fsp3) is 0.455. The predicted octanol–water partition coefficient (Wildman–Crippen LogP) is 2.18. The number of hydrogen-bond donors (Lipinski definition) is 1. The first-order valence-electron chi connectivity index (χ1n) is 5.56. The Morgan fingerprint density at radius 1 is 1.32 bits per heavy atom. The largest absolute Gasteiger partial charge is 0.573 e. The van der Waals surface area contributed by atoms with Crippen LogP contribution in [-0.2, 0) is 9.84 Å². The Morgan fingerprint density at radius 2 is 2.05 bits per heavy atom. The molecule has 106 valence electrons. The summed E-state index contributed by atoms with van der Waals surface area (Å²) in [6.07, 6.45) is -4.29. The van der Waals surface area contributed by atoms with Crippen molar-refractivity contribution in [1.82, 2.24) is 0 Å². The molecule has 0 saturated carbocycles. The smallest absolute Gasteiger partial charge is 0.406 e. The van der Waals surface area contributed by atoms with Gasteiger partial charge in [-0.25, -0.2) is 8.42 Å². The molecule has 0 aliphatic carbocycles. The molecule has 0 bridgehead atoms. The van der Waals surface area contributed by atoms with Gasteiger partial charge in [-0.05, 0) is 18.6 Å². The molecular weight excluding hydrogens is 283 g/mol. The van der Waals surface area contributed by atoms with Gasteiger partial charge >= 0.3 is 6.36 Å². The highest BCUT2D eigenvalue weighted by Crippen LogP contribution is 2.26. The quantitative estimate of drug-likeness (QED) is 0.928. The zero-order chi connectivity index (χ0) is 14.1. The normalized spacial score (nSPS) is 22.2. The van der Waals surface area contributed by atoms with Crippen LogP contribution < -0.4 is 10.1 Å². The second-order valence-corrected chi connectivity index (χ2v) is 6.55. The standard InChI is InChI=1S/C11H12F3NO3S/c12-11(13,14)18-10-3-1-2-8(6-10)15-9-4-5-19(16,17)7-9/h1-3,6,9,15H,4-5,7H2. The lowest BCUT2D eigenvalue weighted by atomic mass is 10.2. The molecule has 1 fully saturated rings. The van der Waals surface area contributed by atoms with E-state index in [2.05, 4.69) is 10.1 Å². The number of hydrogen-bond acceptors (Lipinski definition) is 4. The van der Waals surface area contributed by atoms with Crippen molar-refractivity contribution >= 4 is 15.5 Å². The van der Waals surface area contributed by atoms with E-state index in [0.29, 0.717) is 12.1 Å². The number of halogens is 3. The fourth-order valence-corrected chi connectivity index (χ4v) is 3.60. The predicted molar refractivity (Wildman–Crippen MR) is 63.8 cm³/mol. The van der Waals surface area contributed by atoms with E-state index < -0.39 is 16.2 Å². The summed E-state index contributed by atoms with van der Waals surface area (Å²) in [6, 6.07) is 5.08. The molecule has 1 N–H and O–H groups in total. The number of anilines is 1. The van der Waals surface area contributed by atoms with Crippen molar-refractivity contribution in [1.29, 1.82) is 0 Å². The lowest BCUT2D eigenvalue weighted by Crippen LogP contribution is -2.21. The van der Waals surface area contributed by atoms with E-state index in [-0.39, 0.29) is 23.3 Å². The van der Waals surface area contributed by atoms with E-state index in [1.807, 2.05) is 0 Å². The molecule has 1 aromatic rings. The van der Waals surface area contributed by atoms with Crippen molar-refractivity contribution in [3.63, 3.8) is 0 Å². The molecule has 1 aliphatic heterocycles. The molecule has 19 heavy (non-hydrogen) atoms. The van der Waals surface area contributed by atoms with Gasteiger partial charge in [0.2, 0.25) is 0 Å². The lowest BCUT2D eigenvalue weighted by Gasteiger charge is -2.14. The maximum Gasteiger partial charge on any atom is 0.573 e. The zero-order valence-corrected chi connectivity index (χ0v) is 10.6. The third-order valence-corrected chi connectivity index (χ3v) is 4.44. The molecule has 8 heteroatoms. The minimum absolute atomic E-state index is 0.00262. The van der Waals surface area contributed by atoms with Crippen molar-refractivity contribution in [2.24, 2.45) is 0 Å². The topological polar surface area (TPSA) is 55.4 Å². The number of benzene rings is 1. The first-order chi connectivity index (χ1) is 8.73. The Labute approximate surface area is 108 Å². The van der Waals surface area contributed by atoms with Crippen molar-refractivity contribution in [3.8, 4) is 5.75 Å². The Hall–Kier alpha value is -1.44. The lowest BCUT2D eigenvalue weighted by molar-refractivity contribution is -0.274. The van der Waals surface area contributed by atoms with Crippen LogP contribution in [0.25, 0.3) is 0 Å². The molecule has 0 aromatic heterocycles. The second kappa shape index (κ2) is 4.92. The first kappa shape index (κ1) is 14.0. The van der Waals surface area contributed by atoms with Crippen LogP contribution in [0.15, 0.2) is 24.3 Å². The van der Waals surface area contributed by atoms with E-state index in [4.69, 9.17) is 0 Å². The van der Waals surface area contributed by atoms with E-state index in [1.165, 1.54) is 18.2 Å². The van der Waals surface area contributed by atoms with Gasteiger partial charge in [0.05, 0.1) is 11.5 Å². The highest BCUT2D eigenvalue weighted by atomic mass is 32.2. The van der Waals surface area contributed by atoms with Gasteiger partial charge in [0.25, 0.3) is 0 Å². The van der Waals surface area contributed by atoms with Gasteiger partial charge in [0, 0.05) is 17.8 Å². The summed E-state index contributed by atoms with van der Waals surface area (Å²) < 4.78 is 62.5. The fourth-order valence-electron chi connectivity index (χ4n) is 1.93. The first-order valence-corrected chi connectivity index (χ1v) is 7.38. The maximum absolute atomic E-state index is 12.1. The van der Waals surface area contributed by atoms with E-state index in [0.717, 1.165) is 0 Å². The molecule has 1 atom stereocenters. The summed E-state index contributed by atoms with van der Waals surface area (Å²) in [5, 5.41) is 2.90. The molecule has 1 heterocycles. The van der Waals surface area contributed by atoms with E-state index >= 15 is 0 Å². The van der Waals surface area contributed by atoms with E-state index in [9.17, 15) is 21.6 Å². The molecule has 2 rings (SSSR count). The molecule has 0 radical (unpaired) electrons. The summed E-state index contributed by atoms with van der Waals surface area (Å²) in [5.74, 6) is -0.237. The third-order valence-electron chi connectivity index (χ3n) is 2.67. The molecule has 4 nitrogen and oxygen atoms in total. The van der Waals surface area contributed by atoms with Crippen LogP contribution in [0.2, 0.25) is 0 Å². The summed E-state index contributed by atoms with van der Waals surface area (Å²) >= 11 is 0. The van der Waals surface area contributed by atoms with Crippen LogP contribution in [0, 0.1) is 0 Å². The van der Waals surface area contributed by atoms with Crippen LogP contribution in [-0.4, -0.2) is 32.3 Å². The summed E-state index contributed by atoms with van der Waals surface area (Å²) in [4.78, 5) is 0. The summed E-state index contributed by atoms with van der Waals surface area (Å²) in [5.41, 5.74) is 0.406. The van der Waals surface area contributed by atoms with Gasteiger partial charge in [0.15, 0.2) is 9.84 Å². The van der Waals surface area contributed by atoms with Crippen molar-refractivity contribution in [2.75, 3.05) is 16.8 Å². The van der Waals surface area contributed by atoms with Crippen LogP contribution >= 0.6 is 0 Å². The highest BCUT2D eigenvalue weighted by Gasteiger charge is 2.31. The molecule has 0 amide bonds. The Bertz CT molecular complexity index is 557. The molecule has 1 aliphatic rings. The number of rotatable bonds is 3. The second-order valence-electron chi connectivity index (χ2n) is 4.32. The van der Waals surface area contributed by atoms with Crippen LogP contribution in [0.4, 0.5) is 18.9 Å². The van der Waals surface area contributed by atoms with Crippen LogP contribution in [0.5, 0.6) is 5.75 Å². The summed E-state index contributed by atoms with van der Waals surface area (Å²) in [6.45, 7) is 0. The van der Waals surface area contributed by atoms with Crippen LogP contribution in [0.1, 0.15) is 6.42 Å². The van der Waals surface area contributed by atoms with Gasteiger partial charge in [-0.1, -0.05) is 6.07 Å². The molecular formula is C11H12F3NO3S. The maximum atomic E-state index is 12.1. The van der Waals surface area contributed by atoms with Crippen molar-refractivity contribution in [2.45, 2.75) is 18.8 Å². The number of ether oxygens (including phenoxy) is 1. The van der Waals surface area contributed by atoms with Gasteiger partial charge in [-0.3, -0.25) is 0 Å². The minimum atomic E-state index is -4.74. The van der Waals surface area contributed by atoms with Gasteiger partial charge in [-0.2, -0.15) is 0 Å². The zero-order valence-electron chi connectivity index (χ0n) is 9.77. The van der Waals surface area contributed by atoms with E-state index in [1.54, 1.807) is 6.07 Å². The number of nitrogens with one attached hydrogen (secondary N) is 1. The SMILES string of the molecule is O=S1(=O)CCC(Nc2cccc(OC(F)(F)F)c2)C1. The molecule has 1 saturated heterocycles. The Kier molecular flexibility index (Phi) is 3.62. The Morgan fingerprint density at radius 3 is 2.63 bits per heavy atom. The molecule has 1 unspecified atom stereocenters. The molecule has 1 aromatic carbocycles. The van der Waals surface area contributed by atoms with Crippen LogP contribution in [0.3, 0.4) is 0 Å². The van der Waals surface area contributed by atoms with Crippen molar-refractivity contribution < 1.29 is 26.3 Å². The third kappa shape index (κ3) is 4.30. The highest BCUT2D eigenvalue weighted by molar-refractivity contribution is 7.91. The minimum Gasteiger partial charge on any atom is -0.406 e. The average Bonchev–Trinajstić information content (AvgIpc) is 2.56. The number of sulfone groups is 1. The summed E-state index contributed by atoms with van der Waals surface area (Å²) in [7, 11) is -3.03. The number of alkyl halides is 3. The van der Waals surface area contributed by atoms with Gasteiger partial charge in [0.1, 0.15) is 5.75 Å². The molecule has 0 spiro atoms.